The van der Waals surface area contributed by atoms with Crippen molar-refractivity contribution in [1.29, 1.82) is 0 Å². The van der Waals surface area contributed by atoms with E-state index in [4.69, 9.17) is 0 Å². The number of hydrogen-bond acceptors (Lipinski definition) is 3. The van der Waals surface area contributed by atoms with Crippen molar-refractivity contribution in [1.82, 2.24) is 14.7 Å². The molecule has 0 heterocycles. The molecule has 17 heavy (non-hydrogen) atoms. The number of amides is 1. The summed E-state index contributed by atoms with van der Waals surface area (Å²) in [5.41, 5.74) is 0. The van der Waals surface area contributed by atoms with Gasteiger partial charge in [-0.25, -0.2) is 0 Å². The van der Waals surface area contributed by atoms with Gasteiger partial charge in [-0.2, -0.15) is 0 Å². The van der Waals surface area contributed by atoms with Crippen molar-refractivity contribution in [2.24, 2.45) is 0 Å². The molecule has 0 atom stereocenters. The molecule has 0 fully saturated rings. The number of likely N-dealkylation sites (N-methyl/N-ethyl adjacent to an activating group) is 2. The first-order valence-electron chi connectivity index (χ1n) is 6.79. The Morgan fingerprint density at radius 1 is 0.706 bits per heavy atom. The van der Waals surface area contributed by atoms with E-state index in [9.17, 15) is 4.79 Å². The molecule has 0 aromatic heterocycles. The molecule has 0 aliphatic carbocycles. The van der Waals surface area contributed by atoms with E-state index in [2.05, 4.69) is 37.5 Å². The maximum absolute atomic E-state index is 10.8. The van der Waals surface area contributed by atoms with Crippen LogP contribution in [0.4, 0.5) is 0 Å². The summed E-state index contributed by atoms with van der Waals surface area (Å²) >= 11 is 0. The molecular weight excluding hydrogens is 214 g/mol. The third-order valence-electron chi connectivity index (χ3n) is 3.29. The lowest BCUT2D eigenvalue weighted by Gasteiger charge is -2.25. The molecule has 0 aromatic rings. The van der Waals surface area contributed by atoms with E-state index in [0.717, 1.165) is 52.4 Å². The lowest BCUT2D eigenvalue weighted by Crippen LogP contribution is -2.39. The van der Waals surface area contributed by atoms with Gasteiger partial charge in [0.05, 0.1) is 0 Å². The highest BCUT2D eigenvalue weighted by Crippen LogP contribution is 1.92. The summed E-state index contributed by atoms with van der Waals surface area (Å²) in [6.07, 6.45) is 2.04. The van der Waals surface area contributed by atoms with E-state index in [-0.39, 0.29) is 0 Å². The van der Waals surface area contributed by atoms with Crippen LogP contribution in [-0.2, 0) is 4.79 Å². The maximum Gasteiger partial charge on any atom is 0.312 e. The Bertz CT molecular complexity index is 164. The first kappa shape index (κ1) is 16.4. The van der Waals surface area contributed by atoms with Crippen LogP contribution in [0.25, 0.3) is 0 Å². The van der Waals surface area contributed by atoms with E-state index in [1.165, 1.54) is 0 Å². The summed E-state index contributed by atoms with van der Waals surface area (Å²) in [5.74, 6) is 0. The molecule has 0 N–H and O–H groups in total. The fraction of sp³-hybridized carbons (Fsp3) is 0.923. The topological polar surface area (TPSA) is 26.8 Å². The SMILES string of the molecule is CCN(CC)CCN([C]=O)CCN(CC)CC. The fourth-order valence-electron chi connectivity index (χ4n) is 1.81. The van der Waals surface area contributed by atoms with Crippen molar-refractivity contribution in [3.8, 4) is 0 Å². The Morgan fingerprint density at radius 2 is 1.06 bits per heavy atom. The van der Waals surface area contributed by atoms with Crippen LogP contribution in [0.1, 0.15) is 27.7 Å². The zero-order valence-electron chi connectivity index (χ0n) is 11.9. The summed E-state index contributed by atoms with van der Waals surface area (Å²) in [5, 5.41) is 0. The average molecular weight is 242 g/mol. The molecule has 0 saturated heterocycles. The zero-order chi connectivity index (χ0) is 13.1. The van der Waals surface area contributed by atoms with Crippen LogP contribution >= 0.6 is 0 Å². The van der Waals surface area contributed by atoms with Gasteiger partial charge in [-0.15, -0.1) is 0 Å². The second-order valence-corrected chi connectivity index (χ2v) is 4.13. The molecule has 0 saturated carbocycles. The predicted octanol–water partition coefficient (Wildman–Crippen LogP) is 1.04. The van der Waals surface area contributed by atoms with Gasteiger partial charge in [0.25, 0.3) is 0 Å². The highest BCUT2D eigenvalue weighted by molar-refractivity contribution is 5.47. The van der Waals surface area contributed by atoms with Crippen molar-refractivity contribution in [2.75, 3.05) is 52.4 Å². The summed E-state index contributed by atoms with van der Waals surface area (Å²) in [6.45, 7) is 16.2. The average Bonchev–Trinajstić information content (AvgIpc) is 2.38. The molecule has 0 unspecified atom stereocenters. The standard InChI is InChI=1S/C13H28N3O/c1-5-14(6-2)9-11-16(13-17)12-10-15(7-3)8-4/h5-12H2,1-4H3. The summed E-state index contributed by atoms with van der Waals surface area (Å²) < 4.78 is 0. The molecular formula is C13H28N3O. The number of carbonyl (C=O) groups excluding carboxylic acids is 1. The molecule has 0 rings (SSSR count). The van der Waals surface area contributed by atoms with Crippen LogP contribution in [0, 0.1) is 0 Å². The fourth-order valence-corrected chi connectivity index (χ4v) is 1.81. The Kier molecular flexibility index (Phi) is 10.2. The number of rotatable bonds is 11. The molecule has 0 aromatic carbocycles. The normalized spacial score (nSPS) is 11.2. The smallest absolute Gasteiger partial charge is 0.312 e. The second-order valence-electron chi connectivity index (χ2n) is 4.13. The lowest BCUT2D eigenvalue weighted by atomic mass is 10.4. The van der Waals surface area contributed by atoms with Gasteiger partial charge in [-0.05, 0) is 26.2 Å². The molecule has 1 radical (unpaired) electrons. The van der Waals surface area contributed by atoms with E-state index in [1.54, 1.807) is 4.90 Å². The van der Waals surface area contributed by atoms with Crippen molar-refractivity contribution < 1.29 is 4.79 Å². The van der Waals surface area contributed by atoms with E-state index < -0.39 is 0 Å². The van der Waals surface area contributed by atoms with Crippen LogP contribution in [0.5, 0.6) is 0 Å². The zero-order valence-corrected chi connectivity index (χ0v) is 11.9. The minimum Gasteiger partial charge on any atom is -0.332 e. The first-order valence-corrected chi connectivity index (χ1v) is 6.79. The second kappa shape index (κ2) is 10.5. The van der Waals surface area contributed by atoms with Gasteiger partial charge in [-0.3, -0.25) is 4.79 Å². The Morgan fingerprint density at radius 3 is 1.29 bits per heavy atom. The van der Waals surface area contributed by atoms with Gasteiger partial charge < -0.3 is 14.7 Å². The first-order chi connectivity index (χ1) is 8.21. The van der Waals surface area contributed by atoms with E-state index in [1.807, 2.05) is 6.41 Å². The van der Waals surface area contributed by atoms with Crippen molar-refractivity contribution in [3.05, 3.63) is 0 Å². The Balaban J connectivity index is 3.86. The van der Waals surface area contributed by atoms with Gasteiger partial charge in [-0.1, -0.05) is 27.7 Å². The van der Waals surface area contributed by atoms with E-state index >= 15 is 0 Å². The van der Waals surface area contributed by atoms with Crippen LogP contribution in [0.2, 0.25) is 0 Å². The molecule has 4 nitrogen and oxygen atoms in total. The molecule has 4 heteroatoms. The van der Waals surface area contributed by atoms with E-state index in [0.29, 0.717) is 0 Å². The van der Waals surface area contributed by atoms with Crippen LogP contribution < -0.4 is 0 Å². The minimum absolute atomic E-state index is 0.784. The summed E-state index contributed by atoms with van der Waals surface area (Å²) in [7, 11) is 0. The van der Waals surface area contributed by atoms with Crippen LogP contribution in [0.3, 0.4) is 0 Å². The highest BCUT2D eigenvalue weighted by Gasteiger charge is 2.07. The molecule has 101 valence electrons. The monoisotopic (exact) mass is 242 g/mol. The molecule has 0 bridgehead atoms. The van der Waals surface area contributed by atoms with Gasteiger partial charge in [0.2, 0.25) is 0 Å². The van der Waals surface area contributed by atoms with Gasteiger partial charge >= 0.3 is 6.41 Å². The Hall–Kier alpha value is -0.610. The summed E-state index contributed by atoms with van der Waals surface area (Å²) in [4.78, 5) is 17.3. The quantitative estimate of drug-likeness (QED) is 0.507. The lowest BCUT2D eigenvalue weighted by molar-refractivity contribution is 0.232. The Labute approximate surface area is 107 Å². The number of nitrogens with zero attached hydrogens (tertiary/aromatic N) is 3. The van der Waals surface area contributed by atoms with Crippen molar-refractivity contribution >= 4 is 6.41 Å². The minimum atomic E-state index is 0.784. The predicted molar refractivity (Wildman–Crippen MR) is 72.8 cm³/mol. The largest absolute Gasteiger partial charge is 0.332 e. The highest BCUT2D eigenvalue weighted by atomic mass is 16.1. The maximum atomic E-state index is 10.8. The van der Waals surface area contributed by atoms with Gasteiger partial charge in [0.1, 0.15) is 0 Å². The van der Waals surface area contributed by atoms with Crippen LogP contribution in [0.15, 0.2) is 0 Å². The van der Waals surface area contributed by atoms with Gasteiger partial charge in [0.15, 0.2) is 0 Å². The molecule has 0 spiro atoms. The number of hydrogen-bond donors (Lipinski definition) is 0. The van der Waals surface area contributed by atoms with Crippen LogP contribution in [-0.4, -0.2) is 73.5 Å². The van der Waals surface area contributed by atoms with Crippen molar-refractivity contribution in [2.45, 2.75) is 27.7 Å². The molecule has 0 aliphatic heterocycles. The molecule has 0 aliphatic rings. The van der Waals surface area contributed by atoms with Crippen molar-refractivity contribution in [3.63, 3.8) is 0 Å². The molecule has 1 amide bonds. The third kappa shape index (κ3) is 7.34. The van der Waals surface area contributed by atoms with Gasteiger partial charge in [0, 0.05) is 26.2 Å². The third-order valence-corrected chi connectivity index (χ3v) is 3.29. The summed E-state index contributed by atoms with van der Waals surface area (Å²) in [6, 6.07) is 0.